The minimum Gasteiger partial charge on any atom is -0.351 e. The van der Waals surface area contributed by atoms with Crippen molar-refractivity contribution in [1.82, 2.24) is 10.0 Å². The molecule has 0 unspecified atom stereocenters. The van der Waals surface area contributed by atoms with E-state index in [0.29, 0.717) is 5.92 Å². The predicted octanol–water partition coefficient (Wildman–Crippen LogP) is 2.54. The van der Waals surface area contributed by atoms with Gasteiger partial charge in [-0.2, -0.15) is 0 Å². The maximum absolute atomic E-state index is 12.8. The molecule has 134 valence electrons. The maximum Gasteiger partial charge on any atom is 0.241 e. The SMILES string of the molecule is CC(C)c1ccc(S(=O)(=O)NCC(=O)NCc2ccc(F)cc2)cc1. The normalized spacial score (nSPS) is 11.5. The van der Waals surface area contributed by atoms with E-state index in [1.54, 1.807) is 24.3 Å². The Morgan fingerprint density at radius 2 is 1.64 bits per heavy atom. The topological polar surface area (TPSA) is 75.3 Å². The molecule has 0 bridgehead atoms. The molecule has 0 aliphatic rings. The lowest BCUT2D eigenvalue weighted by Crippen LogP contribution is -2.36. The second kappa shape index (κ2) is 8.22. The molecule has 0 heterocycles. The van der Waals surface area contributed by atoms with Crippen LogP contribution in [0.2, 0.25) is 0 Å². The third kappa shape index (κ3) is 5.65. The number of nitrogens with one attached hydrogen (secondary N) is 2. The first-order chi connectivity index (χ1) is 11.8. The van der Waals surface area contributed by atoms with E-state index < -0.39 is 15.9 Å². The van der Waals surface area contributed by atoms with Crippen molar-refractivity contribution < 1.29 is 17.6 Å². The first kappa shape index (κ1) is 19.1. The van der Waals surface area contributed by atoms with Crippen LogP contribution in [0.3, 0.4) is 0 Å². The number of hydrogen-bond donors (Lipinski definition) is 2. The van der Waals surface area contributed by atoms with Gasteiger partial charge in [0, 0.05) is 6.54 Å². The molecule has 0 radical (unpaired) electrons. The molecular weight excluding hydrogens is 343 g/mol. The van der Waals surface area contributed by atoms with Crippen molar-refractivity contribution in [2.45, 2.75) is 31.2 Å². The van der Waals surface area contributed by atoms with Crippen LogP contribution >= 0.6 is 0 Å². The fraction of sp³-hybridized carbons (Fsp3) is 0.278. The summed E-state index contributed by atoms with van der Waals surface area (Å²) in [5, 5.41) is 2.58. The van der Waals surface area contributed by atoms with Crippen LogP contribution in [0.4, 0.5) is 4.39 Å². The zero-order valence-electron chi connectivity index (χ0n) is 14.1. The zero-order chi connectivity index (χ0) is 18.4. The molecule has 5 nitrogen and oxygen atoms in total. The quantitative estimate of drug-likeness (QED) is 0.793. The minimum atomic E-state index is -3.75. The molecule has 0 spiro atoms. The second-order valence-electron chi connectivity index (χ2n) is 5.95. The summed E-state index contributed by atoms with van der Waals surface area (Å²) in [7, 11) is -3.75. The molecule has 2 aromatic rings. The number of hydrogen-bond acceptors (Lipinski definition) is 3. The third-order valence-corrected chi connectivity index (χ3v) is 5.10. The fourth-order valence-electron chi connectivity index (χ4n) is 2.14. The second-order valence-corrected chi connectivity index (χ2v) is 7.72. The van der Waals surface area contributed by atoms with Gasteiger partial charge in [0.1, 0.15) is 5.82 Å². The molecule has 0 saturated carbocycles. The molecule has 7 heteroatoms. The molecule has 0 atom stereocenters. The van der Waals surface area contributed by atoms with Gasteiger partial charge in [-0.05, 0) is 41.3 Å². The van der Waals surface area contributed by atoms with Crippen LogP contribution in [0.5, 0.6) is 0 Å². The Morgan fingerprint density at radius 1 is 1.04 bits per heavy atom. The van der Waals surface area contributed by atoms with Gasteiger partial charge in [0.2, 0.25) is 15.9 Å². The van der Waals surface area contributed by atoms with Gasteiger partial charge in [-0.1, -0.05) is 38.1 Å². The number of halogens is 1. The number of sulfonamides is 1. The number of benzene rings is 2. The van der Waals surface area contributed by atoms with E-state index in [2.05, 4.69) is 10.0 Å². The minimum absolute atomic E-state index is 0.114. The highest BCUT2D eigenvalue weighted by molar-refractivity contribution is 7.89. The van der Waals surface area contributed by atoms with E-state index in [0.717, 1.165) is 11.1 Å². The summed E-state index contributed by atoms with van der Waals surface area (Å²) in [6.07, 6.45) is 0. The summed E-state index contributed by atoms with van der Waals surface area (Å²) in [5.41, 5.74) is 1.76. The predicted molar refractivity (Wildman–Crippen MR) is 94.0 cm³/mol. The molecule has 0 aliphatic carbocycles. The van der Waals surface area contributed by atoms with Crippen LogP contribution in [0.15, 0.2) is 53.4 Å². The van der Waals surface area contributed by atoms with Gasteiger partial charge in [-0.25, -0.2) is 17.5 Å². The number of carbonyl (C=O) groups excluding carboxylic acids is 1. The number of amides is 1. The summed E-state index contributed by atoms with van der Waals surface area (Å²) in [6, 6.07) is 12.3. The lowest BCUT2D eigenvalue weighted by molar-refractivity contribution is -0.120. The molecule has 0 aliphatic heterocycles. The van der Waals surface area contributed by atoms with Gasteiger partial charge in [-0.15, -0.1) is 0 Å². The van der Waals surface area contributed by atoms with Gasteiger partial charge < -0.3 is 5.32 Å². The molecule has 1 amide bonds. The monoisotopic (exact) mass is 364 g/mol. The van der Waals surface area contributed by atoms with E-state index in [1.807, 2.05) is 13.8 Å². The van der Waals surface area contributed by atoms with Crippen molar-refractivity contribution >= 4 is 15.9 Å². The molecule has 0 aromatic heterocycles. The summed E-state index contributed by atoms with van der Waals surface area (Å²) in [6.45, 7) is 3.87. The average Bonchev–Trinajstić information content (AvgIpc) is 2.59. The highest BCUT2D eigenvalue weighted by atomic mass is 32.2. The van der Waals surface area contributed by atoms with E-state index in [9.17, 15) is 17.6 Å². The van der Waals surface area contributed by atoms with E-state index in [-0.39, 0.29) is 23.8 Å². The molecule has 2 rings (SSSR count). The smallest absolute Gasteiger partial charge is 0.241 e. The molecule has 0 fully saturated rings. The molecule has 0 saturated heterocycles. The van der Waals surface area contributed by atoms with Crippen LogP contribution < -0.4 is 10.0 Å². The lowest BCUT2D eigenvalue weighted by atomic mass is 10.0. The third-order valence-electron chi connectivity index (χ3n) is 3.68. The summed E-state index contributed by atoms with van der Waals surface area (Å²) < 4.78 is 39.5. The van der Waals surface area contributed by atoms with Gasteiger partial charge in [-0.3, -0.25) is 4.79 Å². The fourth-order valence-corrected chi connectivity index (χ4v) is 3.12. The zero-order valence-corrected chi connectivity index (χ0v) is 14.9. The van der Waals surface area contributed by atoms with Crippen molar-refractivity contribution in [3.8, 4) is 0 Å². The van der Waals surface area contributed by atoms with Gasteiger partial charge in [0.05, 0.1) is 11.4 Å². The summed E-state index contributed by atoms with van der Waals surface area (Å²) in [4.78, 5) is 11.9. The Balaban J connectivity index is 1.88. The van der Waals surface area contributed by atoms with Crippen molar-refractivity contribution in [3.05, 3.63) is 65.5 Å². The van der Waals surface area contributed by atoms with Crippen molar-refractivity contribution in [2.75, 3.05) is 6.54 Å². The summed E-state index contributed by atoms with van der Waals surface area (Å²) >= 11 is 0. The van der Waals surface area contributed by atoms with E-state index in [1.165, 1.54) is 24.3 Å². The van der Waals surface area contributed by atoms with Gasteiger partial charge in [0.15, 0.2) is 0 Å². The van der Waals surface area contributed by atoms with Crippen LogP contribution in [0.1, 0.15) is 30.9 Å². The summed E-state index contributed by atoms with van der Waals surface area (Å²) in [5.74, 6) is -0.514. The van der Waals surface area contributed by atoms with Crippen LogP contribution in [0.25, 0.3) is 0 Å². The Morgan fingerprint density at radius 3 is 2.20 bits per heavy atom. The van der Waals surface area contributed by atoms with Crippen molar-refractivity contribution in [3.63, 3.8) is 0 Å². The van der Waals surface area contributed by atoms with Crippen molar-refractivity contribution in [2.24, 2.45) is 0 Å². The first-order valence-corrected chi connectivity index (χ1v) is 9.37. The number of carbonyl (C=O) groups is 1. The average molecular weight is 364 g/mol. The first-order valence-electron chi connectivity index (χ1n) is 7.89. The van der Waals surface area contributed by atoms with E-state index >= 15 is 0 Å². The van der Waals surface area contributed by atoms with Crippen molar-refractivity contribution in [1.29, 1.82) is 0 Å². The Kier molecular flexibility index (Phi) is 6.27. The molecule has 2 aromatic carbocycles. The van der Waals surface area contributed by atoms with Crippen LogP contribution in [-0.4, -0.2) is 20.9 Å². The Bertz CT molecular complexity index is 816. The van der Waals surface area contributed by atoms with E-state index in [4.69, 9.17) is 0 Å². The standard InChI is InChI=1S/C18H21FN2O3S/c1-13(2)15-5-9-17(10-6-15)25(23,24)21-12-18(22)20-11-14-3-7-16(19)8-4-14/h3-10,13,21H,11-12H2,1-2H3,(H,20,22). The molecule has 2 N–H and O–H groups in total. The molecule has 25 heavy (non-hydrogen) atoms. The largest absolute Gasteiger partial charge is 0.351 e. The highest BCUT2D eigenvalue weighted by Gasteiger charge is 2.15. The van der Waals surface area contributed by atoms with Crippen LogP contribution in [0, 0.1) is 5.82 Å². The van der Waals surface area contributed by atoms with Gasteiger partial charge >= 0.3 is 0 Å². The lowest BCUT2D eigenvalue weighted by Gasteiger charge is -2.10. The van der Waals surface area contributed by atoms with Crippen LogP contribution in [-0.2, 0) is 21.4 Å². The Hall–Kier alpha value is -2.25. The Labute approximate surface area is 147 Å². The van der Waals surface area contributed by atoms with Gasteiger partial charge in [0.25, 0.3) is 0 Å². The maximum atomic E-state index is 12.8. The number of rotatable bonds is 7. The highest BCUT2D eigenvalue weighted by Crippen LogP contribution is 2.17. The molecular formula is C18H21FN2O3S.